The number of aromatic nitrogens is 2. The fraction of sp³-hybridized carbons (Fsp3) is 0.583. The molecule has 1 saturated carbocycles. The number of carboxylic acids is 1. The maximum atomic E-state index is 11.1. The molecule has 0 spiro atoms. The van der Waals surface area contributed by atoms with E-state index < -0.39 is 5.97 Å². The normalized spacial score (nSPS) is 14.7. The van der Waals surface area contributed by atoms with Gasteiger partial charge in [0.25, 0.3) is 0 Å². The van der Waals surface area contributed by atoms with Crippen molar-refractivity contribution in [3.8, 4) is 0 Å². The van der Waals surface area contributed by atoms with E-state index in [9.17, 15) is 4.79 Å². The smallest absolute Gasteiger partial charge is 0.341 e. The Hall–Kier alpha value is -1.65. The van der Waals surface area contributed by atoms with Crippen molar-refractivity contribution in [3.63, 3.8) is 0 Å². The second-order valence-corrected chi connectivity index (χ2v) is 4.22. The standard InChI is InChI=1S/C12H17N3O2/c1-3-15(4-2)11-9(12(16)17)7-13-10(14-11)8-5-6-8/h7-8H,3-6H2,1-2H3,(H,16,17). The summed E-state index contributed by atoms with van der Waals surface area (Å²) in [6.07, 6.45) is 3.67. The van der Waals surface area contributed by atoms with Gasteiger partial charge in [-0.05, 0) is 26.7 Å². The summed E-state index contributed by atoms with van der Waals surface area (Å²) in [6, 6.07) is 0. The first kappa shape index (κ1) is 11.8. The molecule has 0 amide bonds. The molecule has 1 fully saturated rings. The first-order valence-corrected chi connectivity index (χ1v) is 6.02. The van der Waals surface area contributed by atoms with Crippen LogP contribution in [0.4, 0.5) is 5.82 Å². The molecule has 0 saturated heterocycles. The van der Waals surface area contributed by atoms with E-state index in [-0.39, 0.29) is 5.56 Å². The minimum Gasteiger partial charge on any atom is -0.477 e. The number of rotatable bonds is 5. The summed E-state index contributed by atoms with van der Waals surface area (Å²) in [5, 5.41) is 9.14. The van der Waals surface area contributed by atoms with E-state index in [1.54, 1.807) is 0 Å². The van der Waals surface area contributed by atoms with E-state index >= 15 is 0 Å². The third-order valence-corrected chi connectivity index (χ3v) is 3.02. The number of carbonyl (C=O) groups is 1. The summed E-state index contributed by atoms with van der Waals surface area (Å²) < 4.78 is 0. The van der Waals surface area contributed by atoms with Gasteiger partial charge in [0.1, 0.15) is 17.2 Å². The fourth-order valence-electron chi connectivity index (χ4n) is 1.84. The van der Waals surface area contributed by atoms with Crippen LogP contribution in [-0.2, 0) is 0 Å². The van der Waals surface area contributed by atoms with Crippen molar-refractivity contribution in [3.05, 3.63) is 17.6 Å². The van der Waals surface area contributed by atoms with Crippen LogP contribution >= 0.6 is 0 Å². The lowest BCUT2D eigenvalue weighted by Gasteiger charge is -2.21. The molecule has 2 rings (SSSR count). The number of carboxylic acid groups (broad SMARTS) is 1. The lowest BCUT2D eigenvalue weighted by atomic mass is 10.2. The molecular weight excluding hydrogens is 218 g/mol. The second-order valence-electron chi connectivity index (χ2n) is 4.22. The minimum atomic E-state index is -0.964. The lowest BCUT2D eigenvalue weighted by molar-refractivity contribution is 0.0696. The van der Waals surface area contributed by atoms with Gasteiger partial charge in [-0.3, -0.25) is 0 Å². The van der Waals surface area contributed by atoms with E-state index in [0.29, 0.717) is 11.7 Å². The highest BCUT2D eigenvalue weighted by Gasteiger charge is 2.28. The molecular formula is C12H17N3O2. The summed E-state index contributed by atoms with van der Waals surface area (Å²) in [5.74, 6) is 0.817. The van der Waals surface area contributed by atoms with Crippen LogP contribution in [-0.4, -0.2) is 34.1 Å². The second kappa shape index (κ2) is 4.69. The van der Waals surface area contributed by atoms with Crippen LogP contribution in [0.3, 0.4) is 0 Å². The third-order valence-electron chi connectivity index (χ3n) is 3.02. The SMILES string of the molecule is CCN(CC)c1nc(C2CC2)ncc1C(=O)O. The molecule has 0 aromatic carbocycles. The van der Waals surface area contributed by atoms with E-state index in [4.69, 9.17) is 5.11 Å². The Morgan fingerprint density at radius 2 is 2.12 bits per heavy atom. The quantitative estimate of drug-likeness (QED) is 0.844. The molecule has 1 aromatic heterocycles. The number of hydrogen-bond acceptors (Lipinski definition) is 4. The minimum absolute atomic E-state index is 0.193. The monoisotopic (exact) mass is 235 g/mol. The molecule has 1 aliphatic rings. The molecule has 92 valence electrons. The van der Waals surface area contributed by atoms with Crippen LogP contribution in [0.2, 0.25) is 0 Å². The Kier molecular flexibility index (Phi) is 3.26. The molecule has 17 heavy (non-hydrogen) atoms. The van der Waals surface area contributed by atoms with E-state index in [1.165, 1.54) is 6.20 Å². The van der Waals surface area contributed by atoms with Crippen LogP contribution < -0.4 is 4.90 Å². The number of nitrogens with zero attached hydrogens (tertiary/aromatic N) is 3. The zero-order chi connectivity index (χ0) is 12.4. The lowest BCUT2D eigenvalue weighted by Crippen LogP contribution is -2.26. The highest BCUT2D eigenvalue weighted by atomic mass is 16.4. The van der Waals surface area contributed by atoms with Gasteiger partial charge < -0.3 is 10.0 Å². The Morgan fingerprint density at radius 3 is 2.59 bits per heavy atom. The van der Waals surface area contributed by atoms with Gasteiger partial charge >= 0.3 is 5.97 Å². The van der Waals surface area contributed by atoms with Crippen molar-refractivity contribution in [2.24, 2.45) is 0 Å². The topological polar surface area (TPSA) is 66.3 Å². The molecule has 5 heteroatoms. The van der Waals surface area contributed by atoms with Crippen molar-refractivity contribution in [1.29, 1.82) is 0 Å². The van der Waals surface area contributed by atoms with Gasteiger partial charge in [0.2, 0.25) is 0 Å². The van der Waals surface area contributed by atoms with Crippen LogP contribution in [0, 0.1) is 0 Å². The first-order valence-electron chi connectivity index (χ1n) is 6.02. The summed E-state index contributed by atoms with van der Waals surface area (Å²) >= 11 is 0. The number of aromatic carboxylic acids is 1. The molecule has 5 nitrogen and oxygen atoms in total. The van der Waals surface area contributed by atoms with Gasteiger partial charge in [-0.25, -0.2) is 14.8 Å². The zero-order valence-corrected chi connectivity index (χ0v) is 10.2. The molecule has 0 radical (unpaired) electrons. The highest BCUT2D eigenvalue weighted by Crippen LogP contribution is 2.38. The van der Waals surface area contributed by atoms with E-state index in [0.717, 1.165) is 31.8 Å². The average molecular weight is 235 g/mol. The van der Waals surface area contributed by atoms with Crippen molar-refractivity contribution in [1.82, 2.24) is 9.97 Å². The zero-order valence-electron chi connectivity index (χ0n) is 10.2. The predicted molar refractivity (Wildman–Crippen MR) is 64.5 cm³/mol. The summed E-state index contributed by atoms with van der Waals surface area (Å²) in [6.45, 7) is 5.48. The highest BCUT2D eigenvalue weighted by molar-refractivity contribution is 5.92. The Balaban J connectivity index is 2.42. The summed E-state index contributed by atoms with van der Waals surface area (Å²) in [7, 11) is 0. The number of anilines is 1. The largest absolute Gasteiger partial charge is 0.477 e. The first-order chi connectivity index (χ1) is 8.17. The molecule has 1 aliphatic carbocycles. The fourth-order valence-corrected chi connectivity index (χ4v) is 1.84. The van der Waals surface area contributed by atoms with E-state index in [1.807, 2.05) is 18.7 Å². The van der Waals surface area contributed by atoms with Gasteiger partial charge in [-0.15, -0.1) is 0 Å². The maximum Gasteiger partial charge on any atom is 0.341 e. The third kappa shape index (κ3) is 2.38. The van der Waals surface area contributed by atoms with Crippen LogP contribution in [0.25, 0.3) is 0 Å². The van der Waals surface area contributed by atoms with Crippen LogP contribution in [0.5, 0.6) is 0 Å². The predicted octanol–water partition coefficient (Wildman–Crippen LogP) is 1.90. The van der Waals surface area contributed by atoms with E-state index in [2.05, 4.69) is 9.97 Å². The molecule has 0 aliphatic heterocycles. The molecule has 1 heterocycles. The van der Waals surface area contributed by atoms with Crippen molar-refractivity contribution in [2.45, 2.75) is 32.6 Å². The number of hydrogen-bond donors (Lipinski definition) is 1. The average Bonchev–Trinajstić information content (AvgIpc) is 3.14. The van der Waals surface area contributed by atoms with Gasteiger partial charge in [0, 0.05) is 25.2 Å². The summed E-state index contributed by atoms with van der Waals surface area (Å²) in [4.78, 5) is 21.7. The Labute approximate surface area is 100 Å². The summed E-state index contributed by atoms with van der Waals surface area (Å²) in [5.41, 5.74) is 0.193. The molecule has 0 bridgehead atoms. The van der Waals surface area contributed by atoms with Gasteiger partial charge in [-0.2, -0.15) is 0 Å². The van der Waals surface area contributed by atoms with Gasteiger partial charge in [0.05, 0.1) is 0 Å². The van der Waals surface area contributed by atoms with Gasteiger partial charge in [0.15, 0.2) is 0 Å². The van der Waals surface area contributed by atoms with Crippen LogP contribution in [0.15, 0.2) is 6.20 Å². The maximum absolute atomic E-state index is 11.1. The molecule has 1 N–H and O–H groups in total. The van der Waals surface area contributed by atoms with Crippen LogP contribution in [0.1, 0.15) is 48.8 Å². The van der Waals surface area contributed by atoms with Crippen molar-refractivity contribution < 1.29 is 9.90 Å². The Morgan fingerprint density at radius 1 is 1.47 bits per heavy atom. The molecule has 0 unspecified atom stereocenters. The van der Waals surface area contributed by atoms with Gasteiger partial charge in [-0.1, -0.05) is 0 Å². The Bertz CT molecular complexity index is 426. The molecule has 0 atom stereocenters. The molecule has 1 aromatic rings. The van der Waals surface area contributed by atoms with Crippen molar-refractivity contribution in [2.75, 3.05) is 18.0 Å². The van der Waals surface area contributed by atoms with Crippen molar-refractivity contribution >= 4 is 11.8 Å².